The predicted octanol–water partition coefficient (Wildman–Crippen LogP) is 2.45. The van der Waals surface area contributed by atoms with E-state index in [1.54, 1.807) is 11.8 Å². The monoisotopic (exact) mass is 360 g/mol. The summed E-state index contributed by atoms with van der Waals surface area (Å²) in [6.45, 7) is 5.07. The highest BCUT2D eigenvalue weighted by molar-refractivity contribution is 5.84. The van der Waals surface area contributed by atoms with Crippen molar-refractivity contribution in [2.45, 2.75) is 45.6 Å². The van der Waals surface area contributed by atoms with Crippen molar-refractivity contribution in [1.82, 2.24) is 10.2 Å². The number of ether oxygens (including phenoxy) is 1. The summed E-state index contributed by atoms with van der Waals surface area (Å²) in [5, 5.41) is 2.91. The summed E-state index contributed by atoms with van der Waals surface area (Å²) in [7, 11) is 0. The van der Waals surface area contributed by atoms with Crippen molar-refractivity contribution >= 4 is 17.8 Å². The van der Waals surface area contributed by atoms with Crippen LogP contribution in [0.3, 0.4) is 0 Å². The topological polar surface area (TPSA) is 75.7 Å². The predicted molar refractivity (Wildman–Crippen MR) is 98.2 cm³/mol. The molecule has 6 nitrogen and oxygen atoms in total. The van der Waals surface area contributed by atoms with Crippen LogP contribution in [0.2, 0.25) is 0 Å². The largest absolute Gasteiger partial charge is 0.466 e. The van der Waals surface area contributed by atoms with Crippen LogP contribution >= 0.6 is 0 Å². The second-order valence-electron chi connectivity index (χ2n) is 6.63. The molecule has 1 fully saturated rings. The fraction of sp³-hybridized carbons (Fsp3) is 0.550. The molecule has 1 saturated heterocycles. The molecule has 2 amide bonds. The first-order chi connectivity index (χ1) is 12.5. The van der Waals surface area contributed by atoms with Gasteiger partial charge in [0.2, 0.25) is 11.8 Å². The van der Waals surface area contributed by atoms with Crippen LogP contribution in [0.4, 0.5) is 0 Å². The van der Waals surface area contributed by atoms with Gasteiger partial charge in [0.25, 0.3) is 0 Å². The standard InChI is InChI=1S/C20H28N2O4/c1-3-26-20(25)17-10-7-13-22(14-17)19(24)12-11-18(23)21-15(2)16-8-5-4-6-9-16/h4-6,8-9,15,17H,3,7,10-14H2,1-2H3,(H,21,23)/t15-,17-/m1/s1. The Labute approximate surface area is 154 Å². The Hall–Kier alpha value is -2.37. The number of hydrogen-bond donors (Lipinski definition) is 1. The van der Waals surface area contributed by atoms with Gasteiger partial charge in [-0.3, -0.25) is 14.4 Å². The SMILES string of the molecule is CCOC(=O)[C@@H]1CCCN(C(=O)CCC(=O)N[C@H](C)c2ccccc2)C1. The Kier molecular flexibility index (Phi) is 7.63. The van der Waals surface area contributed by atoms with E-state index in [4.69, 9.17) is 4.74 Å². The number of rotatable bonds is 7. The van der Waals surface area contributed by atoms with Crippen molar-refractivity contribution in [2.24, 2.45) is 5.92 Å². The normalized spacial score (nSPS) is 18.1. The van der Waals surface area contributed by atoms with E-state index in [-0.39, 0.29) is 42.6 Å². The van der Waals surface area contributed by atoms with Crippen LogP contribution in [0, 0.1) is 5.92 Å². The van der Waals surface area contributed by atoms with Crippen LogP contribution in [0.25, 0.3) is 0 Å². The average Bonchev–Trinajstić information content (AvgIpc) is 2.67. The van der Waals surface area contributed by atoms with Crippen LogP contribution < -0.4 is 5.32 Å². The molecule has 1 aromatic carbocycles. The summed E-state index contributed by atoms with van der Waals surface area (Å²) < 4.78 is 5.05. The molecule has 1 aromatic rings. The summed E-state index contributed by atoms with van der Waals surface area (Å²) in [5.74, 6) is -0.714. The van der Waals surface area contributed by atoms with Gasteiger partial charge in [-0.05, 0) is 32.3 Å². The van der Waals surface area contributed by atoms with Gasteiger partial charge in [-0.2, -0.15) is 0 Å². The Balaban J connectivity index is 1.76. The van der Waals surface area contributed by atoms with E-state index >= 15 is 0 Å². The molecule has 2 rings (SSSR count). The summed E-state index contributed by atoms with van der Waals surface area (Å²) in [5.41, 5.74) is 1.03. The number of esters is 1. The van der Waals surface area contributed by atoms with Gasteiger partial charge in [-0.25, -0.2) is 0 Å². The van der Waals surface area contributed by atoms with Crippen molar-refractivity contribution in [1.29, 1.82) is 0 Å². The van der Waals surface area contributed by atoms with Gasteiger partial charge in [-0.1, -0.05) is 30.3 Å². The van der Waals surface area contributed by atoms with Crippen LogP contribution in [0.15, 0.2) is 30.3 Å². The van der Waals surface area contributed by atoms with Crippen LogP contribution in [-0.2, 0) is 19.1 Å². The first-order valence-corrected chi connectivity index (χ1v) is 9.30. The lowest BCUT2D eigenvalue weighted by Crippen LogP contribution is -2.43. The Bertz CT molecular complexity index is 617. The molecular formula is C20H28N2O4. The van der Waals surface area contributed by atoms with E-state index in [1.807, 2.05) is 37.3 Å². The van der Waals surface area contributed by atoms with E-state index < -0.39 is 0 Å². The van der Waals surface area contributed by atoms with E-state index in [0.717, 1.165) is 18.4 Å². The molecule has 1 heterocycles. The third-order valence-corrected chi connectivity index (χ3v) is 4.64. The van der Waals surface area contributed by atoms with Crippen molar-refractivity contribution in [3.8, 4) is 0 Å². The van der Waals surface area contributed by atoms with E-state index in [0.29, 0.717) is 19.7 Å². The van der Waals surface area contributed by atoms with Crippen LogP contribution in [0.5, 0.6) is 0 Å². The van der Waals surface area contributed by atoms with Crippen molar-refractivity contribution in [3.63, 3.8) is 0 Å². The maximum Gasteiger partial charge on any atom is 0.310 e. The fourth-order valence-corrected chi connectivity index (χ4v) is 3.17. The molecule has 6 heteroatoms. The van der Waals surface area contributed by atoms with E-state index in [1.165, 1.54) is 0 Å². The van der Waals surface area contributed by atoms with Gasteiger partial charge in [-0.15, -0.1) is 0 Å². The number of benzene rings is 1. The molecule has 0 spiro atoms. The molecular weight excluding hydrogens is 332 g/mol. The zero-order valence-electron chi connectivity index (χ0n) is 15.6. The number of hydrogen-bond acceptors (Lipinski definition) is 4. The number of likely N-dealkylation sites (tertiary alicyclic amines) is 1. The maximum atomic E-state index is 12.4. The highest BCUT2D eigenvalue weighted by atomic mass is 16.5. The van der Waals surface area contributed by atoms with E-state index in [9.17, 15) is 14.4 Å². The summed E-state index contributed by atoms with van der Waals surface area (Å²) in [6.07, 6.45) is 1.84. The third-order valence-electron chi connectivity index (χ3n) is 4.64. The molecule has 26 heavy (non-hydrogen) atoms. The molecule has 0 saturated carbocycles. The summed E-state index contributed by atoms with van der Waals surface area (Å²) >= 11 is 0. The number of carbonyl (C=O) groups excluding carboxylic acids is 3. The first-order valence-electron chi connectivity index (χ1n) is 9.30. The Morgan fingerprint density at radius 1 is 1.23 bits per heavy atom. The Morgan fingerprint density at radius 3 is 2.65 bits per heavy atom. The van der Waals surface area contributed by atoms with Crippen molar-refractivity contribution < 1.29 is 19.1 Å². The zero-order chi connectivity index (χ0) is 18.9. The van der Waals surface area contributed by atoms with Crippen molar-refractivity contribution in [2.75, 3.05) is 19.7 Å². The smallest absolute Gasteiger partial charge is 0.310 e. The van der Waals surface area contributed by atoms with Crippen LogP contribution in [0.1, 0.15) is 51.1 Å². The second-order valence-corrected chi connectivity index (χ2v) is 6.63. The van der Waals surface area contributed by atoms with Gasteiger partial charge in [0, 0.05) is 25.9 Å². The van der Waals surface area contributed by atoms with Gasteiger partial charge in [0.15, 0.2) is 0 Å². The highest BCUT2D eigenvalue weighted by Crippen LogP contribution is 2.19. The molecule has 1 aliphatic heterocycles. The molecule has 0 aliphatic carbocycles. The number of nitrogens with one attached hydrogen (secondary N) is 1. The second kappa shape index (κ2) is 9.94. The molecule has 1 N–H and O–H groups in total. The first kappa shape index (κ1) is 19.9. The highest BCUT2D eigenvalue weighted by Gasteiger charge is 2.29. The quantitative estimate of drug-likeness (QED) is 0.758. The molecule has 0 aromatic heterocycles. The third kappa shape index (κ3) is 5.86. The fourth-order valence-electron chi connectivity index (χ4n) is 3.17. The lowest BCUT2D eigenvalue weighted by Gasteiger charge is -2.31. The number of amides is 2. The molecule has 2 atom stereocenters. The molecule has 142 valence electrons. The molecule has 1 aliphatic rings. The van der Waals surface area contributed by atoms with Crippen LogP contribution in [-0.4, -0.2) is 42.4 Å². The molecule has 0 unspecified atom stereocenters. The lowest BCUT2D eigenvalue weighted by molar-refractivity contribution is -0.151. The summed E-state index contributed by atoms with van der Waals surface area (Å²) in [6, 6.07) is 9.61. The van der Waals surface area contributed by atoms with E-state index in [2.05, 4.69) is 5.32 Å². The van der Waals surface area contributed by atoms with Gasteiger partial charge in [0.1, 0.15) is 0 Å². The Morgan fingerprint density at radius 2 is 1.96 bits per heavy atom. The molecule has 0 radical (unpaired) electrons. The van der Waals surface area contributed by atoms with Crippen molar-refractivity contribution in [3.05, 3.63) is 35.9 Å². The number of piperidine rings is 1. The minimum atomic E-state index is -0.250. The lowest BCUT2D eigenvalue weighted by atomic mass is 9.98. The maximum absolute atomic E-state index is 12.4. The van der Waals surface area contributed by atoms with Gasteiger partial charge < -0.3 is 15.0 Å². The zero-order valence-corrected chi connectivity index (χ0v) is 15.6. The number of nitrogens with zero attached hydrogens (tertiary/aromatic N) is 1. The van der Waals surface area contributed by atoms with Gasteiger partial charge in [0.05, 0.1) is 18.6 Å². The molecule has 0 bridgehead atoms. The summed E-state index contributed by atoms with van der Waals surface area (Å²) in [4.78, 5) is 38.0. The van der Waals surface area contributed by atoms with Gasteiger partial charge >= 0.3 is 5.97 Å². The average molecular weight is 360 g/mol. The minimum absolute atomic E-state index is 0.0819. The number of carbonyl (C=O) groups is 3. The minimum Gasteiger partial charge on any atom is -0.466 e.